The Balaban J connectivity index is 0.00000243. The van der Waals surface area contributed by atoms with Crippen LogP contribution < -0.4 is 20.3 Å². The molecule has 1 aliphatic heterocycles. The quantitative estimate of drug-likeness (QED) is 0.382. The number of ether oxygens (including phenoxy) is 1. The van der Waals surface area contributed by atoms with Crippen LogP contribution in [0.1, 0.15) is 12.0 Å². The molecule has 8 heteroatoms. The van der Waals surface area contributed by atoms with Gasteiger partial charge in [-0.05, 0) is 30.7 Å². The van der Waals surface area contributed by atoms with E-state index in [1.165, 1.54) is 0 Å². The molecule has 0 saturated carbocycles. The molecule has 1 atom stereocenters. The second-order valence-corrected chi connectivity index (χ2v) is 6.39. The summed E-state index contributed by atoms with van der Waals surface area (Å²) in [5.74, 6) is 1.62. The van der Waals surface area contributed by atoms with Crippen LogP contribution in [0.4, 0.5) is 5.69 Å². The lowest BCUT2D eigenvalue weighted by Crippen LogP contribution is -2.44. The van der Waals surface area contributed by atoms with Crippen molar-refractivity contribution in [2.24, 2.45) is 4.99 Å². The number of methoxy groups -OCH3 is 1. The third-order valence-corrected chi connectivity index (χ3v) is 4.51. The Morgan fingerprint density at radius 3 is 2.96 bits per heavy atom. The zero-order valence-corrected chi connectivity index (χ0v) is 18.0. The van der Waals surface area contributed by atoms with Gasteiger partial charge in [-0.2, -0.15) is 0 Å². The van der Waals surface area contributed by atoms with Crippen LogP contribution in [0.5, 0.6) is 5.75 Å². The van der Waals surface area contributed by atoms with Crippen molar-refractivity contribution < 1.29 is 9.15 Å². The number of aliphatic imine (C=N–C) groups is 1. The normalized spacial score (nSPS) is 17.0. The molecule has 0 radical (unpaired) electrons. The highest BCUT2D eigenvalue weighted by molar-refractivity contribution is 14.0. The third kappa shape index (κ3) is 5.20. The van der Waals surface area contributed by atoms with Crippen LogP contribution in [0.3, 0.4) is 0 Å². The van der Waals surface area contributed by atoms with Crippen LogP contribution in [0.15, 0.2) is 46.2 Å². The van der Waals surface area contributed by atoms with Crippen molar-refractivity contribution in [2.75, 3.05) is 32.1 Å². The molecule has 0 amide bonds. The summed E-state index contributed by atoms with van der Waals surface area (Å²) >= 11 is 6.15. The van der Waals surface area contributed by atoms with Gasteiger partial charge in [0.2, 0.25) is 0 Å². The van der Waals surface area contributed by atoms with E-state index in [1.54, 1.807) is 26.7 Å². The molecule has 3 rings (SSSR count). The number of nitrogens with one attached hydrogen (secondary N) is 2. The van der Waals surface area contributed by atoms with Crippen molar-refractivity contribution in [1.29, 1.82) is 0 Å². The fraction of sp³-hybridized carbons (Fsp3) is 0.389. The molecule has 1 aromatic heterocycles. The smallest absolute Gasteiger partial charge is 0.191 e. The van der Waals surface area contributed by atoms with E-state index in [2.05, 4.69) is 20.5 Å². The van der Waals surface area contributed by atoms with E-state index in [9.17, 15) is 0 Å². The van der Waals surface area contributed by atoms with Crippen molar-refractivity contribution in [2.45, 2.75) is 19.0 Å². The number of benzene rings is 1. The average Bonchev–Trinajstić information content (AvgIpc) is 3.30. The Kier molecular flexibility index (Phi) is 7.89. The average molecular weight is 491 g/mol. The fourth-order valence-corrected chi connectivity index (χ4v) is 3.14. The molecular weight excluding hydrogens is 467 g/mol. The van der Waals surface area contributed by atoms with E-state index in [0.29, 0.717) is 17.6 Å². The largest absolute Gasteiger partial charge is 0.495 e. The Morgan fingerprint density at radius 1 is 1.42 bits per heavy atom. The van der Waals surface area contributed by atoms with E-state index < -0.39 is 0 Å². The first-order valence-corrected chi connectivity index (χ1v) is 8.64. The van der Waals surface area contributed by atoms with Gasteiger partial charge in [0.25, 0.3) is 0 Å². The monoisotopic (exact) mass is 490 g/mol. The molecule has 0 spiro atoms. The minimum atomic E-state index is 0. The molecule has 1 aliphatic rings. The first kappa shape index (κ1) is 20.7. The Morgan fingerprint density at radius 2 is 2.27 bits per heavy atom. The molecule has 1 unspecified atom stereocenters. The minimum absolute atomic E-state index is 0. The molecule has 2 aromatic rings. The molecule has 1 saturated heterocycles. The van der Waals surface area contributed by atoms with Gasteiger partial charge in [0.05, 0.1) is 25.3 Å². The summed E-state index contributed by atoms with van der Waals surface area (Å²) in [5, 5.41) is 7.49. The first-order chi connectivity index (χ1) is 12.2. The summed E-state index contributed by atoms with van der Waals surface area (Å²) in [7, 11) is 3.46. The SMILES string of the molecule is CN=C(NCc1ccoc1)NC1CCN(c2cc(Cl)ccc2OC)C1.I. The van der Waals surface area contributed by atoms with Crippen LogP contribution in [0.25, 0.3) is 0 Å². The van der Waals surface area contributed by atoms with E-state index >= 15 is 0 Å². The lowest BCUT2D eigenvalue weighted by atomic mass is 10.2. The summed E-state index contributed by atoms with van der Waals surface area (Å²) in [6, 6.07) is 7.94. The minimum Gasteiger partial charge on any atom is -0.495 e. The number of furan rings is 1. The summed E-state index contributed by atoms with van der Waals surface area (Å²) < 4.78 is 10.5. The van der Waals surface area contributed by atoms with E-state index in [1.807, 2.05) is 24.3 Å². The summed E-state index contributed by atoms with van der Waals surface area (Å²) in [4.78, 5) is 6.58. The summed E-state index contributed by atoms with van der Waals surface area (Å²) in [5.41, 5.74) is 2.11. The Bertz CT molecular complexity index is 724. The van der Waals surface area contributed by atoms with Gasteiger partial charge in [0.1, 0.15) is 5.75 Å². The maximum absolute atomic E-state index is 6.15. The number of nitrogens with zero attached hydrogens (tertiary/aromatic N) is 2. The van der Waals surface area contributed by atoms with E-state index in [4.69, 9.17) is 20.8 Å². The topological polar surface area (TPSA) is 62.0 Å². The van der Waals surface area contributed by atoms with Crippen LogP contribution in [-0.4, -0.2) is 39.2 Å². The zero-order valence-electron chi connectivity index (χ0n) is 14.9. The highest BCUT2D eigenvalue weighted by Crippen LogP contribution is 2.33. The molecule has 6 nitrogen and oxygen atoms in total. The predicted octanol–water partition coefficient (Wildman–Crippen LogP) is 3.50. The van der Waals surface area contributed by atoms with Crippen molar-refractivity contribution in [1.82, 2.24) is 10.6 Å². The van der Waals surface area contributed by atoms with Gasteiger partial charge < -0.3 is 24.7 Å². The predicted molar refractivity (Wildman–Crippen MR) is 116 cm³/mol. The number of halogens is 2. The van der Waals surface area contributed by atoms with E-state index in [-0.39, 0.29) is 24.0 Å². The molecule has 1 fully saturated rings. The number of guanidine groups is 1. The van der Waals surface area contributed by atoms with Crippen LogP contribution in [-0.2, 0) is 6.54 Å². The fourth-order valence-electron chi connectivity index (χ4n) is 2.97. The molecule has 2 heterocycles. The second kappa shape index (κ2) is 9.91. The molecule has 142 valence electrons. The van der Waals surface area contributed by atoms with Crippen molar-refractivity contribution in [3.05, 3.63) is 47.4 Å². The third-order valence-electron chi connectivity index (χ3n) is 4.27. The number of rotatable bonds is 5. The van der Waals surface area contributed by atoms with Crippen LogP contribution >= 0.6 is 35.6 Å². The van der Waals surface area contributed by atoms with Crippen LogP contribution in [0, 0.1) is 0 Å². The first-order valence-electron chi connectivity index (χ1n) is 8.26. The number of anilines is 1. The van der Waals surface area contributed by atoms with Gasteiger partial charge in [-0.25, -0.2) is 0 Å². The summed E-state index contributed by atoms with van der Waals surface area (Å²) in [6.45, 7) is 2.48. The number of hydrogen-bond acceptors (Lipinski definition) is 4. The maximum atomic E-state index is 6.15. The molecular formula is C18H24ClIN4O2. The van der Waals surface area contributed by atoms with Gasteiger partial charge in [-0.3, -0.25) is 4.99 Å². The van der Waals surface area contributed by atoms with Gasteiger partial charge in [0.15, 0.2) is 5.96 Å². The molecule has 1 aromatic carbocycles. The molecule has 0 bridgehead atoms. The summed E-state index contributed by atoms with van der Waals surface area (Å²) in [6.07, 6.45) is 4.41. The van der Waals surface area contributed by atoms with Gasteiger partial charge in [0, 0.05) is 43.3 Å². The van der Waals surface area contributed by atoms with Gasteiger partial charge >= 0.3 is 0 Å². The highest BCUT2D eigenvalue weighted by Gasteiger charge is 2.25. The zero-order chi connectivity index (χ0) is 17.6. The van der Waals surface area contributed by atoms with Crippen molar-refractivity contribution in [3.8, 4) is 5.75 Å². The van der Waals surface area contributed by atoms with Gasteiger partial charge in [-0.15, -0.1) is 24.0 Å². The Labute approximate surface area is 176 Å². The van der Waals surface area contributed by atoms with Gasteiger partial charge in [-0.1, -0.05) is 11.6 Å². The van der Waals surface area contributed by atoms with Crippen molar-refractivity contribution >= 4 is 47.2 Å². The second-order valence-electron chi connectivity index (χ2n) is 5.95. The standard InChI is InChI=1S/C18H23ClN4O2.HI/c1-20-18(21-10-13-6-8-25-12-13)22-15-5-7-23(11-15)16-9-14(19)3-4-17(16)24-2;/h3-4,6,8-9,12,15H,5,7,10-11H2,1-2H3,(H2,20,21,22);1H. The maximum Gasteiger partial charge on any atom is 0.191 e. The molecule has 26 heavy (non-hydrogen) atoms. The lowest BCUT2D eigenvalue weighted by Gasteiger charge is -2.22. The lowest BCUT2D eigenvalue weighted by molar-refractivity contribution is 0.415. The Hall–Kier alpha value is -1.61. The van der Waals surface area contributed by atoms with E-state index in [0.717, 1.165) is 42.5 Å². The van der Waals surface area contributed by atoms with Crippen molar-refractivity contribution in [3.63, 3.8) is 0 Å². The highest BCUT2D eigenvalue weighted by atomic mass is 127. The van der Waals surface area contributed by atoms with Crippen LogP contribution in [0.2, 0.25) is 5.02 Å². The molecule has 0 aliphatic carbocycles. The molecule has 2 N–H and O–H groups in total. The number of hydrogen-bond donors (Lipinski definition) is 2.